The molecule has 0 radical (unpaired) electrons. The van der Waals surface area contributed by atoms with Crippen LogP contribution in [-0.4, -0.2) is 70.0 Å². The molecule has 0 spiro atoms. The third kappa shape index (κ3) is 7.34. The summed E-state index contributed by atoms with van der Waals surface area (Å²) in [6.45, 7) is 0. The second kappa shape index (κ2) is 12.6. The van der Waals surface area contributed by atoms with E-state index in [9.17, 15) is 57.2 Å². The fourth-order valence-electron chi connectivity index (χ4n) is 4.16. The van der Waals surface area contributed by atoms with E-state index in [1.807, 2.05) is 0 Å². The van der Waals surface area contributed by atoms with Crippen molar-refractivity contribution >= 4 is 85.5 Å². The molecule has 0 bridgehead atoms. The molecular formula is C25H20ClN3O13S4. The molecule has 0 fully saturated rings. The Kier molecular flexibility index (Phi) is 9.58. The van der Waals surface area contributed by atoms with E-state index in [2.05, 4.69) is 15.5 Å². The number of hydrogen-bond donors (Lipinski definition) is 5. The van der Waals surface area contributed by atoms with Gasteiger partial charge in [0.1, 0.15) is 26.1 Å². The fraction of sp³-hybridized carbons (Fsp3) is 0.0800. The highest BCUT2D eigenvalue weighted by molar-refractivity contribution is 7.91. The van der Waals surface area contributed by atoms with Gasteiger partial charge in [0.2, 0.25) is 0 Å². The average Bonchev–Trinajstić information content (AvgIpc) is 2.95. The molecule has 4 aromatic rings. The van der Waals surface area contributed by atoms with Crippen molar-refractivity contribution in [3.8, 4) is 5.75 Å². The van der Waals surface area contributed by atoms with Gasteiger partial charge in [-0.05, 0) is 48.5 Å². The van der Waals surface area contributed by atoms with Gasteiger partial charge in [-0.2, -0.15) is 25.3 Å². The van der Waals surface area contributed by atoms with Crippen LogP contribution in [0.3, 0.4) is 0 Å². The van der Waals surface area contributed by atoms with E-state index in [1.54, 1.807) is 0 Å². The number of amides is 1. The molecule has 4 rings (SSSR count). The highest BCUT2D eigenvalue weighted by atomic mass is 35.5. The number of alkyl halides is 1. The SMILES string of the molecule is O=C(Nc1ccc(S(=O)(=O)O)c2cc(S(=O)(=O)O)c(N=Nc3ccccc3S(=O)(=O)O)c(O)c12)c1cccc(S(=O)(=O)CCCl)c1. The summed E-state index contributed by atoms with van der Waals surface area (Å²) in [6, 6.07) is 11.3. The number of azo groups is 1. The number of hydrogen-bond acceptors (Lipinski definition) is 12. The van der Waals surface area contributed by atoms with Gasteiger partial charge in [0.25, 0.3) is 36.3 Å². The number of carbonyl (C=O) groups is 1. The number of sulfone groups is 1. The number of nitrogens with zero attached hydrogens (tertiary/aromatic N) is 2. The summed E-state index contributed by atoms with van der Waals surface area (Å²) in [5, 5.41) is 19.3. The van der Waals surface area contributed by atoms with Gasteiger partial charge in [-0.1, -0.05) is 18.2 Å². The zero-order valence-electron chi connectivity index (χ0n) is 22.6. The zero-order chi connectivity index (χ0) is 34.2. The van der Waals surface area contributed by atoms with Crippen LogP contribution in [0, 0.1) is 0 Å². The van der Waals surface area contributed by atoms with E-state index in [4.69, 9.17) is 11.6 Å². The zero-order valence-corrected chi connectivity index (χ0v) is 26.7. The molecule has 46 heavy (non-hydrogen) atoms. The first-order valence-electron chi connectivity index (χ1n) is 12.2. The van der Waals surface area contributed by atoms with Gasteiger partial charge < -0.3 is 10.4 Å². The molecule has 0 unspecified atom stereocenters. The minimum absolute atomic E-state index is 0.224. The maximum absolute atomic E-state index is 13.2. The van der Waals surface area contributed by atoms with Gasteiger partial charge in [0.15, 0.2) is 15.6 Å². The molecule has 244 valence electrons. The Morgan fingerprint density at radius 3 is 1.98 bits per heavy atom. The molecule has 0 aliphatic heterocycles. The van der Waals surface area contributed by atoms with Crippen molar-refractivity contribution in [2.75, 3.05) is 16.9 Å². The molecule has 0 heterocycles. The number of nitrogens with one attached hydrogen (secondary N) is 1. The lowest BCUT2D eigenvalue weighted by molar-refractivity contribution is 0.102. The van der Waals surface area contributed by atoms with Crippen molar-refractivity contribution in [3.05, 3.63) is 72.3 Å². The molecule has 0 saturated carbocycles. The minimum Gasteiger partial charge on any atom is -0.505 e. The van der Waals surface area contributed by atoms with Crippen LogP contribution in [0.25, 0.3) is 10.8 Å². The summed E-state index contributed by atoms with van der Waals surface area (Å²) in [6.07, 6.45) is 0. The van der Waals surface area contributed by atoms with Crippen LogP contribution < -0.4 is 5.32 Å². The van der Waals surface area contributed by atoms with Crippen molar-refractivity contribution in [3.63, 3.8) is 0 Å². The fourth-order valence-corrected chi connectivity index (χ4v) is 7.75. The summed E-state index contributed by atoms with van der Waals surface area (Å²) in [4.78, 5) is 9.95. The van der Waals surface area contributed by atoms with E-state index >= 15 is 0 Å². The third-order valence-electron chi connectivity index (χ3n) is 6.18. The quantitative estimate of drug-likeness (QED) is 0.0878. The van der Waals surface area contributed by atoms with E-state index in [0.29, 0.717) is 6.07 Å². The van der Waals surface area contributed by atoms with Crippen molar-refractivity contribution in [2.24, 2.45) is 10.2 Å². The number of phenols is 1. The smallest absolute Gasteiger partial charge is 0.296 e. The summed E-state index contributed by atoms with van der Waals surface area (Å²) in [5.41, 5.74) is -2.26. The van der Waals surface area contributed by atoms with E-state index < -0.39 is 100 Å². The molecule has 0 aliphatic carbocycles. The number of anilines is 1. The van der Waals surface area contributed by atoms with Crippen LogP contribution in [0.2, 0.25) is 0 Å². The molecule has 0 aliphatic rings. The normalized spacial score (nSPS) is 12.9. The third-order valence-corrected chi connectivity index (χ3v) is 11.0. The highest BCUT2D eigenvalue weighted by Gasteiger charge is 2.28. The number of rotatable bonds is 10. The van der Waals surface area contributed by atoms with Gasteiger partial charge in [0, 0.05) is 16.8 Å². The number of benzene rings is 4. The Balaban J connectivity index is 1.99. The lowest BCUT2D eigenvalue weighted by atomic mass is 10.1. The number of carbonyl (C=O) groups excluding carboxylic acids is 1. The van der Waals surface area contributed by atoms with Crippen molar-refractivity contribution in [2.45, 2.75) is 19.6 Å². The molecular weight excluding hydrogens is 714 g/mol. The van der Waals surface area contributed by atoms with Gasteiger partial charge in [-0.25, -0.2) is 8.42 Å². The molecule has 5 N–H and O–H groups in total. The largest absolute Gasteiger partial charge is 0.505 e. The Morgan fingerprint density at radius 1 is 0.739 bits per heavy atom. The molecule has 0 saturated heterocycles. The van der Waals surface area contributed by atoms with Crippen LogP contribution in [0.4, 0.5) is 17.1 Å². The van der Waals surface area contributed by atoms with E-state index in [0.717, 1.165) is 30.3 Å². The van der Waals surface area contributed by atoms with Gasteiger partial charge in [0.05, 0.1) is 21.7 Å². The lowest BCUT2D eigenvalue weighted by Gasteiger charge is -2.15. The molecule has 4 aromatic carbocycles. The second-order valence-corrected chi connectivity index (χ2v) is 15.8. The Hall–Kier alpha value is -4.02. The average molecular weight is 734 g/mol. The monoisotopic (exact) mass is 733 g/mol. The van der Waals surface area contributed by atoms with Gasteiger partial charge >= 0.3 is 0 Å². The van der Waals surface area contributed by atoms with Gasteiger partial charge in [-0.3, -0.25) is 18.5 Å². The number of aromatic hydroxyl groups is 1. The summed E-state index contributed by atoms with van der Waals surface area (Å²) in [5.74, 6) is -2.88. The second-order valence-electron chi connectivity index (χ2n) is 9.19. The van der Waals surface area contributed by atoms with Crippen LogP contribution >= 0.6 is 11.6 Å². The first-order chi connectivity index (χ1) is 21.3. The molecule has 16 nitrogen and oxygen atoms in total. The highest BCUT2D eigenvalue weighted by Crippen LogP contribution is 2.46. The lowest BCUT2D eigenvalue weighted by Crippen LogP contribution is -2.14. The molecule has 0 aromatic heterocycles. The number of fused-ring (bicyclic) bond motifs is 1. The van der Waals surface area contributed by atoms with Crippen molar-refractivity contribution in [1.82, 2.24) is 0 Å². The maximum atomic E-state index is 13.2. The van der Waals surface area contributed by atoms with Crippen molar-refractivity contribution in [1.29, 1.82) is 0 Å². The predicted octanol–water partition coefficient (Wildman–Crippen LogP) is 3.97. The van der Waals surface area contributed by atoms with Crippen molar-refractivity contribution < 1.29 is 57.2 Å². The van der Waals surface area contributed by atoms with Crippen LogP contribution in [0.1, 0.15) is 10.4 Å². The standard InChI is InChI=1S/C25H20ClN3O13S4/c26-10-11-43(32,33)15-5-3-4-14(12-15)25(31)27-18-8-9-19(44(34,35)36)16-13-21(46(40,41)42)23(24(30)22(16)18)29-28-17-6-1-2-7-20(17)45(37,38)39/h1-9,12-13,30H,10-11H2,(H,27,31)(H,34,35,36)(H,37,38,39)(H,40,41,42). The summed E-state index contributed by atoms with van der Waals surface area (Å²) < 4.78 is 127. The first kappa shape index (κ1) is 34.8. The van der Waals surface area contributed by atoms with Gasteiger partial charge in [-0.15, -0.1) is 21.8 Å². The molecule has 21 heteroatoms. The van der Waals surface area contributed by atoms with Crippen LogP contribution in [-0.2, 0) is 40.2 Å². The maximum Gasteiger partial charge on any atom is 0.296 e. The summed E-state index contributed by atoms with van der Waals surface area (Å²) in [7, 11) is -19.3. The minimum atomic E-state index is -5.37. The number of phenolic OH excluding ortho intramolecular Hbond substituents is 1. The number of halogens is 1. The summed E-state index contributed by atoms with van der Waals surface area (Å²) >= 11 is 5.55. The molecule has 1 amide bonds. The predicted molar refractivity (Wildman–Crippen MR) is 163 cm³/mol. The Labute approximate surface area is 266 Å². The van der Waals surface area contributed by atoms with E-state index in [1.165, 1.54) is 30.3 Å². The topological polar surface area (TPSA) is 271 Å². The van der Waals surface area contributed by atoms with E-state index in [-0.39, 0.29) is 16.3 Å². The molecule has 0 atom stereocenters. The van der Waals surface area contributed by atoms with Crippen LogP contribution in [0.15, 0.2) is 96.5 Å². The Morgan fingerprint density at radius 2 is 1.37 bits per heavy atom. The van der Waals surface area contributed by atoms with Crippen LogP contribution in [0.5, 0.6) is 5.75 Å². The Bertz CT molecular complexity index is 2380. The first-order valence-corrected chi connectivity index (χ1v) is 18.7.